The largest absolute Gasteiger partial charge is 0.508 e. The van der Waals surface area contributed by atoms with Crippen LogP contribution in [-0.2, 0) is 0 Å². The molecule has 0 atom stereocenters. The van der Waals surface area contributed by atoms with Crippen molar-refractivity contribution in [3.05, 3.63) is 123 Å². The molecule has 0 unspecified atom stereocenters. The third-order valence-corrected chi connectivity index (χ3v) is 5.77. The molecule has 0 fully saturated rings. The van der Waals surface area contributed by atoms with E-state index in [9.17, 15) is 29.7 Å². The Morgan fingerprint density at radius 2 is 0.800 bits per heavy atom. The van der Waals surface area contributed by atoms with Gasteiger partial charge in [-0.2, -0.15) is 0 Å². The Bertz CT molecular complexity index is 1400. The molecular weight excluding hydrogens is 444 g/mol. The van der Waals surface area contributed by atoms with Crippen LogP contribution in [-0.4, -0.2) is 32.7 Å². The van der Waals surface area contributed by atoms with E-state index in [4.69, 9.17) is 0 Å². The molecule has 0 heterocycles. The van der Waals surface area contributed by atoms with Crippen molar-refractivity contribution in [3.63, 3.8) is 0 Å². The molecule has 0 aromatic heterocycles. The SMILES string of the molecule is Cc1cc(C(=O)c2cc(C(=O)c3ccc(O)cc3)cc(C(=O)c3ccc(O)c(C)c3)c2)ccc1O. The highest BCUT2D eigenvalue weighted by atomic mass is 16.3. The topological polar surface area (TPSA) is 112 Å². The number of aromatic hydroxyl groups is 3. The standard InChI is InChI=1S/C29H22O6/c1-16-11-19(5-9-25(16)31)28(34)22-13-21(27(33)18-3-7-24(30)8-4-18)14-23(15-22)29(35)20-6-10-26(32)17(2)12-20/h3-15,30-32H,1-2H3. The number of carbonyl (C=O) groups excluding carboxylic acids is 3. The molecule has 0 spiro atoms. The third-order valence-electron chi connectivity index (χ3n) is 5.77. The summed E-state index contributed by atoms with van der Waals surface area (Å²) >= 11 is 0. The molecule has 0 aliphatic rings. The second kappa shape index (κ2) is 9.27. The summed E-state index contributed by atoms with van der Waals surface area (Å²) in [4.78, 5) is 39.8. The average molecular weight is 466 g/mol. The first-order valence-electron chi connectivity index (χ1n) is 10.8. The Balaban J connectivity index is 1.84. The molecule has 4 aromatic carbocycles. The highest BCUT2D eigenvalue weighted by Crippen LogP contribution is 2.25. The van der Waals surface area contributed by atoms with Gasteiger partial charge in [-0.25, -0.2) is 0 Å². The molecule has 35 heavy (non-hydrogen) atoms. The van der Waals surface area contributed by atoms with Crippen LogP contribution in [0.25, 0.3) is 0 Å². The van der Waals surface area contributed by atoms with E-state index >= 15 is 0 Å². The van der Waals surface area contributed by atoms with Crippen molar-refractivity contribution in [2.45, 2.75) is 13.8 Å². The van der Waals surface area contributed by atoms with Gasteiger partial charge in [0.2, 0.25) is 0 Å². The highest BCUT2D eigenvalue weighted by Gasteiger charge is 2.20. The van der Waals surface area contributed by atoms with Crippen LogP contribution >= 0.6 is 0 Å². The van der Waals surface area contributed by atoms with E-state index in [2.05, 4.69) is 0 Å². The van der Waals surface area contributed by atoms with E-state index in [0.717, 1.165) is 0 Å². The Kier molecular flexibility index (Phi) is 6.21. The zero-order valence-corrected chi connectivity index (χ0v) is 19.1. The fourth-order valence-corrected chi connectivity index (χ4v) is 3.73. The number of ketones is 3. The Hall–Kier alpha value is -4.71. The van der Waals surface area contributed by atoms with Gasteiger partial charge in [0.25, 0.3) is 0 Å². The van der Waals surface area contributed by atoms with E-state index in [1.165, 1.54) is 78.9 Å². The van der Waals surface area contributed by atoms with Crippen LogP contribution in [0.5, 0.6) is 17.2 Å². The zero-order chi connectivity index (χ0) is 25.3. The number of phenolic OH excluding ortho intramolecular Hbond substituents is 3. The average Bonchev–Trinajstić information content (AvgIpc) is 2.86. The summed E-state index contributed by atoms with van der Waals surface area (Å²) in [7, 11) is 0. The third kappa shape index (κ3) is 4.82. The highest BCUT2D eigenvalue weighted by molar-refractivity contribution is 6.17. The van der Waals surface area contributed by atoms with Crippen molar-refractivity contribution in [3.8, 4) is 17.2 Å². The Labute approximate surface area is 201 Å². The van der Waals surface area contributed by atoms with E-state index in [1.807, 2.05) is 0 Å². The second-order valence-electron chi connectivity index (χ2n) is 8.34. The summed E-state index contributed by atoms with van der Waals surface area (Å²) in [5.41, 5.74) is 2.33. The monoisotopic (exact) mass is 466 g/mol. The molecule has 0 saturated carbocycles. The van der Waals surface area contributed by atoms with Gasteiger partial charge in [-0.15, -0.1) is 0 Å². The molecule has 0 amide bonds. The molecule has 4 aromatic rings. The molecule has 0 aliphatic carbocycles. The van der Waals surface area contributed by atoms with Gasteiger partial charge in [0, 0.05) is 33.4 Å². The Morgan fingerprint density at radius 3 is 1.17 bits per heavy atom. The maximum Gasteiger partial charge on any atom is 0.193 e. The van der Waals surface area contributed by atoms with E-state index in [-0.39, 0.29) is 39.5 Å². The van der Waals surface area contributed by atoms with Crippen molar-refractivity contribution >= 4 is 17.3 Å². The van der Waals surface area contributed by atoms with Crippen LogP contribution in [0.2, 0.25) is 0 Å². The normalized spacial score (nSPS) is 10.7. The molecule has 0 aliphatic heterocycles. The predicted molar refractivity (Wildman–Crippen MR) is 131 cm³/mol. The van der Waals surface area contributed by atoms with E-state index < -0.39 is 17.3 Å². The number of hydrogen-bond acceptors (Lipinski definition) is 6. The number of aryl methyl sites for hydroxylation is 2. The van der Waals surface area contributed by atoms with Crippen molar-refractivity contribution in [1.82, 2.24) is 0 Å². The van der Waals surface area contributed by atoms with Gasteiger partial charge in [0.15, 0.2) is 17.3 Å². The lowest BCUT2D eigenvalue weighted by Gasteiger charge is -2.11. The minimum atomic E-state index is -0.419. The molecule has 6 heteroatoms. The number of hydrogen-bond donors (Lipinski definition) is 3. The zero-order valence-electron chi connectivity index (χ0n) is 19.1. The maximum absolute atomic E-state index is 13.3. The lowest BCUT2D eigenvalue weighted by atomic mass is 9.91. The van der Waals surface area contributed by atoms with Gasteiger partial charge in [-0.3, -0.25) is 14.4 Å². The molecule has 3 N–H and O–H groups in total. The number of phenols is 3. The van der Waals surface area contributed by atoms with Crippen LogP contribution in [0.3, 0.4) is 0 Å². The minimum Gasteiger partial charge on any atom is -0.508 e. The molecular formula is C29H22O6. The van der Waals surface area contributed by atoms with Crippen molar-refractivity contribution < 1.29 is 29.7 Å². The minimum absolute atomic E-state index is 0.00625. The van der Waals surface area contributed by atoms with Gasteiger partial charge < -0.3 is 15.3 Å². The molecule has 0 bridgehead atoms. The lowest BCUT2D eigenvalue weighted by molar-refractivity contribution is 0.103. The quantitative estimate of drug-likeness (QED) is 0.340. The summed E-state index contributed by atoms with van der Waals surface area (Å²) < 4.78 is 0. The second-order valence-corrected chi connectivity index (χ2v) is 8.34. The van der Waals surface area contributed by atoms with Crippen LogP contribution in [0, 0.1) is 13.8 Å². The summed E-state index contributed by atoms with van der Waals surface area (Å²) in [5, 5.41) is 29.2. The molecule has 4 rings (SSSR count). The number of rotatable bonds is 6. The van der Waals surface area contributed by atoms with Crippen LogP contribution in [0.4, 0.5) is 0 Å². The van der Waals surface area contributed by atoms with Gasteiger partial charge >= 0.3 is 0 Å². The molecule has 0 radical (unpaired) electrons. The van der Waals surface area contributed by atoms with E-state index in [1.54, 1.807) is 13.8 Å². The Morgan fingerprint density at radius 1 is 0.457 bits per heavy atom. The number of carbonyl (C=O) groups is 3. The predicted octanol–water partition coefficient (Wildman–Crippen LogP) is 5.11. The van der Waals surface area contributed by atoms with Crippen molar-refractivity contribution in [2.24, 2.45) is 0 Å². The van der Waals surface area contributed by atoms with E-state index in [0.29, 0.717) is 22.3 Å². The van der Waals surface area contributed by atoms with Crippen molar-refractivity contribution in [2.75, 3.05) is 0 Å². The summed E-state index contributed by atoms with van der Waals surface area (Å²) in [6.07, 6.45) is 0. The lowest BCUT2D eigenvalue weighted by Crippen LogP contribution is -2.11. The first-order valence-corrected chi connectivity index (χ1v) is 10.8. The summed E-state index contributed by atoms with van der Waals surface area (Å²) in [6.45, 7) is 3.33. The van der Waals surface area contributed by atoms with Gasteiger partial charge in [0.1, 0.15) is 17.2 Å². The first-order chi connectivity index (χ1) is 16.6. The molecule has 0 saturated heterocycles. The summed E-state index contributed by atoms with van der Waals surface area (Å²) in [6, 6.07) is 18.8. The fraction of sp³-hybridized carbons (Fsp3) is 0.0690. The van der Waals surface area contributed by atoms with Crippen LogP contribution in [0.15, 0.2) is 78.9 Å². The van der Waals surface area contributed by atoms with Gasteiger partial charge in [0.05, 0.1) is 0 Å². The maximum atomic E-state index is 13.3. The smallest absolute Gasteiger partial charge is 0.193 e. The van der Waals surface area contributed by atoms with Crippen LogP contribution < -0.4 is 0 Å². The number of benzene rings is 4. The van der Waals surface area contributed by atoms with Crippen molar-refractivity contribution in [1.29, 1.82) is 0 Å². The van der Waals surface area contributed by atoms with Gasteiger partial charge in [-0.05, 0) is 104 Å². The molecule has 174 valence electrons. The fourth-order valence-electron chi connectivity index (χ4n) is 3.73. The van der Waals surface area contributed by atoms with Gasteiger partial charge in [-0.1, -0.05) is 0 Å². The summed E-state index contributed by atoms with van der Waals surface area (Å²) in [5.74, 6) is -1.13. The van der Waals surface area contributed by atoms with Crippen LogP contribution in [0.1, 0.15) is 58.9 Å². The first kappa shape index (κ1) is 23.4. The molecule has 6 nitrogen and oxygen atoms in total.